The molecule has 0 aliphatic rings. The zero-order valence-corrected chi connectivity index (χ0v) is 11.7. The molecule has 1 rings (SSSR count). The number of ether oxygens (including phenoxy) is 1. The maximum atomic E-state index is 12.0. The second kappa shape index (κ2) is 6.43. The van der Waals surface area contributed by atoms with E-state index in [1.54, 1.807) is 12.1 Å². The number of amides is 1. The summed E-state index contributed by atoms with van der Waals surface area (Å²) in [5.41, 5.74) is 0.495. The minimum Gasteiger partial charge on any atom is -0.494 e. The molecular weight excluding hydrogens is 226 g/mol. The number of rotatable bonds is 6. The van der Waals surface area contributed by atoms with Gasteiger partial charge in [0.25, 0.3) is 5.91 Å². The van der Waals surface area contributed by atoms with E-state index in [4.69, 9.17) is 4.74 Å². The van der Waals surface area contributed by atoms with Gasteiger partial charge in [-0.2, -0.15) is 0 Å². The summed E-state index contributed by atoms with van der Waals surface area (Å²) in [7, 11) is 0. The van der Waals surface area contributed by atoms with E-state index in [2.05, 4.69) is 19.2 Å². The SMILES string of the molecule is CCCOc1ccc(C(=O)NC(C)(C)CC)cc1. The van der Waals surface area contributed by atoms with Crippen LogP contribution in [0, 0.1) is 0 Å². The van der Waals surface area contributed by atoms with Crippen LogP contribution in [0.5, 0.6) is 5.75 Å². The molecule has 0 heterocycles. The number of nitrogens with one attached hydrogen (secondary N) is 1. The van der Waals surface area contributed by atoms with E-state index in [9.17, 15) is 4.79 Å². The Morgan fingerprint density at radius 3 is 2.33 bits per heavy atom. The van der Waals surface area contributed by atoms with Crippen molar-refractivity contribution in [2.75, 3.05) is 6.61 Å². The number of hydrogen-bond donors (Lipinski definition) is 1. The Labute approximate surface area is 110 Å². The number of benzene rings is 1. The van der Waals surface area contributed by atoms with Crippen molar-refractivity contribution in [3.63, 3.8) is 0 Å². The number of hydrogen-bond acceptors (Lipinski definition) is 2. The van der Waals surface area contributed by atoms with E-state index in [0.717, 1.165) is 18.6 Å². The first-order valence-corrected chi connectivity index (χ1v) is 6.54. The van der Waals surface area contributed by atoms with Crippen LogP contribution in [0.4, 0.5) is 0 Å². The summed E-state index contributed by atoms with van der Waals surface area (Å²) < 4.78 is 5.48. The van der Waals surface area contributed by atoms with Crippen molar-refractivity contribution in [2.24, 2.45) is 0 Å². The van der Waals surface area contributed by atoms with Crippen LogP contribution >= 0.6 is 0 Å². The van der Waals surface area contributed by atoms with Crippen molar-refractivity contribution in [1.82, 2.24) is 5.32 Å². The highest BCUT2D eigenvalue weighted by Gasteiger charge is 2.18. The Morgan fingerprint density at radius 2 is 1.83 bits per heavy atom. The van der Waals surface area contributed by atoms with Crippen molar-refractivity contribution in [3.8, 4) is 5.75 Å². The summed E-state index contributed by atoms with van der Waals surface area (Å²) in [6.07, 6.45) is 1.88. The third kappa shape index (κ3) is 4.40. The average molecular weight is 249 g/mol. The van der Waals surface area contributed by atoms with Gasteiger partial charge in [0, 0.05) is 11.1 Å². The molecule has 0 aliphatic carbocycles. The Morgan fingerprint density at radius 1 is 1.22 bits per heavy atom. The van der Waals surface area contributed by atoms with E-state index in [-0.39, 0.29) is 11.4 Å². The monoisotopic (exact) mass is 249 g/mol. The van der Waals surface area contributed by atoms with Crippen molar-refractivity contribution < 1.29 is 9.53 Å². The molecule has 0 unspecified atom stereocenters. The normalized spacial score (nSPS) is 11.1. The van der Waals surface area contributed by atoms with Crippen LogP contribution < -0.4 is 10.1 Å². The average Bonchev–Trinajstić information content (AvgIpc) is 2.36. The fourth-order valence-electron chi connectivity index (χ4n) is 1.39. The molecule has 0 aliphatic heterocycles. The van der Waals surface area contributed by atoms with E-state index < -0.39 is 0 Å². The third-order valence-corrected chi connectivity index (χ3v) is 2.93. The van der Waals surface area contributed by atoms with Gasteiger partial charge in [0.05, 0.1) is 6.61 Å². The van der Waals surface area contributed by atoms with Crippen LogP contribution in [0.1, 0.15) is 50.9 Å². The Hall–Kier alpha value is -1.51. The van der Waals surface area contributed by atoms with Crippen molar-refractivity contribution in [2.45, 2.75) is 46.1 Å². The summed E-state index contributed by atoms with van der Waals surface area (Å²) in [5.74, 6) is 0.770. The van der Waals surface area contributed by atoms with Gasteiger partial charge in [-0.1, -0.05) is 13.8 Å². The molecule has 0 saturated heterocycles. The topological polar surface area (TPSA) is 38.3 Å². The molecule has 1 N–H and O–H groups in total. The molecule has 1 aromatic rings. The van der Waals surface area contributed by atoms with Gasteiger partial charge in [-0.3, -0.25) is 4.79 Å². The first-order valence-electron chi connectivity index (χ1n) is 6.54. The maximum absolute atomic E-state index is 12.0. The Balaban J connectivity index is 2.64. The van der Waals surface area contributed by atoms with Crippen LogP contribution in [0.25, 0.3) is 0 Å². The minimum atomic E-state index is -0.172. The Bertz CT molecular complexity index is 382. The molecule has 0 atom stereocenters. The largest absolute Gasteiger partial charge is 0.494 e. The molecule has 0 spiro atoms. The zero-order chi connectivity index (χ0) is 13.6. The van der Waals surface area contributed by atoms with Crippen molar-refractivity contribution in [1.29, 1.82) is 0 Å². The van der Waals surface area contributed by atoms with Crippen LogP contribution in [-0.2, 0) is 0 Å². The first kappa shape index (κ1) is 14.6. The lowest BCUT2D eigenvalue weighted by molar-refractivity contribution is 0.0911. The lowest BCUT2D eigenvalue weighted by atomic mass is 10.0. The Kier molecular flexibility index (Phi) is 5.20. The molecule has 100 valence electrons. The first-order chi connectivity index (χ1) is 8.48. The van der Waals surface area contributed by atoms with Crippen LogP contribution in [0.2, 0.25) is 0 Å². The summed E-state index contributed by atoms with van der Waals surface area (Å²) >= 11 is 0. The predicted octanol–water partition coefficient (Wildman–Crippen LogP) is 3.39. The molecular formula is C15H23NO2. The molecule has 18 heavy (non-hydrogen) atoms. The fraction of sp³-hybridized carbons (Fsp3) is 0.533. The van der Waals surface area contributed by atoms with Gasteiger partial charge in [0.1, 0.15) is 5.75 Å². The van der Waals surface area contributed by atoms with Gasteiger partial charge in [-0.15, -0.1) is 0 Å². The highest BCUT2D eigenvalue weighted by molar-refractivity contribution is 5.94. The van der Waals surface area contributed by atoms with Crippen LogP contribution in [-0.4, -0.2) is 18.1 Å². The standard InChI is InChI=1S/C15H23NO2/c1-5-11-18-13-9-7-12(8-10-13)14(17)16-15(3,4)6-2/h7-10H,5-6,11H2,1-4H3,(H,16,17). The second-order valence-corrected chi connectivity index (χ2v) is 5.06. The molecule has 0 radical (unpaired) electrons. The van der Waals surface area contributed by atoms with E-state index in [0.29, 0.717) is 12.2 Å². The lowest BCUT2D eigenvalue weighted by Crippen LogP contribution is -2.42. The quantitative estimate of drug-likeness (QED) is 0.839. The second-order valence-electron chi connectivity index (χ2n) is 5.06. The van der Waals surface area contributed by atoms with Gasteiger partial charge < -0.3 is 10.1 Å². The zero-order valence-electron chi connectivity index (χ0n) is 11.7. The number of carbonyl (C=O) groups excluding carboxylic acids is 1. The molecule has 3 nitrogen and oxygen atoms in total. The maximum Gasteiger partial charge on any atom is 0.251 e. The van der Waals surface area contributed by atoms with Crippen LogP contribution in [0.3, 0.4) is 0 Å². The summed E-state index contributed by atoms with van der Waals surface area (Å²) in [6, 6.07) is 7.27. The predicted molar refractivity (Wildman–Crippen MR) is 74.1 cm³/mol. The minimum absolute atomic E-state index is 0.0381. The molecule has 0 saturated carbocycles. The summed E-state index contributed by atoms with van der Waals surface area (Å²) in [6.45, 7) is 8.86. The third-order valence-electron chi connectivity index (χ3n) is 2.93. The molecule has 3 heteroatoms. The molecule has 1 aromatic carbocycles. The van der Waals surface area contributed by atoms with E-state index in [1.165, 1.54) is 0 Å². The van der Waals surface area contributed by atoms with Crippen LogP contribution in [0.15, 0.2) is 24.3 Å². The van der Waals surface area contributed by atoms with Crippen molar-refractivity contribution in [3.05, 3.63) is 29.8 Å². The summed E-state index contributed by atoms with van der Waals surface area (Å²) in [5, 5.41) is 3.01. The molecule has 0 fully saturated rings. The smallest absolute Gasteiger partial charge is 0.251 e. The van der Waals surface area contributed by atoms with Gasteiger partial charge in [-0.05, 0) is 51.0 Å². The van der Waals surface area contributed by atoms with E-state index in [1.807, 2.05) is 26.0 Å². The number of carbonyl (C=O) groups is 1. The van der Waals surface area contributed by atoms with Gasteiger partial charge in [-0.25, -0.2) is 0 Å². The van der Waals surface area contributed by atoms with Gasteiger partial charge in [0.15, 0.2) is 0 Å². The van der Waals surface area contributed by atoms with Crippen molar-refractivity contribution >= 4 is 5.91 Å². The summed E-state index contributed by atoms with van der Waals surface area (Å²) in [4.78, 5) is 12.0. The van der Waals surface area contributed by atoms with Gasteiger partial charge >= 0.3 is 0 Å². The highest BCUT2D eigenvalue weighted by atomic mass is 16.5. The molecule has 1 amide bonds. The highest BCUT2D eigenvalue weighted by Crippen LogP contribution is 2.14. The van der Waals surface area contributed by atoms with E-state index >= 15 is 0 Å². The molecule has 0 aromatic heterocycles. The lowest BCUT2D eigenvalue weighted by Gasteiger charge is -2.24. The molecule has 0 bridgehead atoms. The van der Waals surface area contributed by atoms with Gasteiger partial charge in [0.2, 0.25) is 0 Å². The fourth-order valence-corrected chi connectivity index (χ4v) is 1.39.